The van der Waals surface area contributed by atoms with E-state index in [0.29, 0.717) is 0 Å². The predicted octanol–water partition coefficient (Wildman–Crippen LogP) is 6.59. The largest absolute Gasteiger partial charge is 0.0619 e. The number of hydrogen-bond donors (Lipinski definition) is 0. The molecule has 2 aromatic rings. The van der Waals surface area contributed by atoms with E-state index in [0.717, 1.165) is 0 Å². The van der Waals surface area contributed by atoms with Crippen molar-refractivity contribution in [3.63, 3.8) is 0 Å². The summed E-state index contributed by atoms with van der Waals surface area (Å²) < 4.78 is 0. The summed E-state index contributed by atoms with van der Waals surface area (Å²) in [7, 11) is 0. The van der Waals surface area contributed by atoms with Crippen LogP contribution in [0.1, 0.15) is 77.6 Å². The molecule has 0 heterocycles. The van der Waals surface area contributed by atoms with Gasteiger partial charge in [0.2, 0.25) is 0 Å². The van der Waals surface area contributed by atoms with Gasteiger partial charge in [0.1, 0.15) is 0 Å². The zero-order valence-electron chi connectivity index (χ0n) is 16.0. The molecule has 1 aliphatic carbocycles. The number of rotatable bonds is 0. The van der Waals surface area contributed by atoms with Crippen molar-refractivity contribution in [3.05, 3.63) is 58.7 Å². The molecule has 0 fully saturated rings. The fraction of sp³-hybridized carbons (Fsp3) is 0.478. The Morgan fingerprint density at radius 2 is 1.35 bits per heavy atom. The van der Waals surface area contributed by atoms with Crippen molar-refractivity contribution in [1.29, 1.82) is 0 Å². The van der Waals surface area contributed by atoms with Gasteiger partial charge in [0.25, 0.3) is 0 Å². The maximum Gasteiger partial charge on any atom is 0.0159 e. The molecule has 0 saturated heterocycles. The molecule has 0 radical (unpaired) electrons. The lowest BCUT2D eigenvalue weighted by Gasteiger charge is -2.30. The van der Waals surface area contributed by atoms with Crippen LogP contribution in [0.15, 0.2) is 36.4 Å². The van der Waals surface area contributed by atoms with E-state index in [1.807, 2.05) is 0 Å². The topological polar surface area (TPSA) is 0 Å². The molecule has 23 heavy (non-hydrogen) atoms. The lowest BCUT2D eigenvalue weighted by Crippen LogP contribution is -2.21. The standard InChI is InChI=1S/C23H30/c1-21(2,3)15-13-18(22(4,5)6)20-16-11-9-10-12-17(16)23(7,8)19(20)14-15/h9-14H,1-8H3. The van der Waals surface area contributed by atoms with Crippen molar-refractivity contribution in [2.75, 3.05) is 0 Å². The third-order valence-electron chi connectivity index (χ3n) is 5.36. The van der Waals surface area contributed by atoms with Gasteiger partial charge < -0.3 is 0 Å². The summed E-state index contributed by atoms with van der Waals surface area (Å²) in [5.41, 5.74) is 9.18. The Labute approximate surface area is 141 Å². The van der Waals surface area contributed by atoms with Gasteiger partial charge in [0.15, 0.2) is 0 Å². The second kappa shape index (κ2) is 4.72. The average Bonchev–Trinajstić information content (AvgIpc) is 2.65. The Morgan fingerprint density at radius 3 is 1.91 bits per heavy atom. The van der Waals surface area contributed by atoms with Gasteiger partial charge in [-0.25, -0.2) is 0 Å². The maximum atomic E-state index is 2.46. The van der Waals surface area contributed by atoms with Crippen molar-refractivity contribution >= 4 is 0 Å². The smallest absolute Gasteiger partial charge is 0.0159 e. The van der Waals surface area contributed by atoms with E-state index in [-0.39, 0.29) is 16.2 Å². The first kappa shape index (κ1) is 16.3. The van der Waals surface area contributed by atoms with E-state index in [1.165, 1.54) is 33.4 Å². The van der Waals surface area contributed by atoms with Crippen LogP contribution in [0.2, 0.25) is 0 Å². The van der Waals surface area contributed by atoms with Crippen LogP contribution in [0, 0.1) is 0 Å². The quantitative estimate of drug-likeness (QED) is 0.515. The van der Waals surface area contributed by atoms with Crippen LogP contribution in [-0.2, 0) is 16.2 Å². The van der Waals surface area contributed by atoms with Gasteiger partial charge in [-0.3, -0.25) is 0 Å². The van der Waals surface area contributed by atoms with Gasteiger partial charge in [-0.05, 0) is 44.2 Å². The van der Waals surface area contributed by atoms with Crippen molar-refractivity contribution < 1.29 is 0 Å². The van der Waals surface area contributed by atoms with Crippen LogP contribution in [0.25, 0.3) is 11.1 Å². The van der Waals surface area contributed by atoms with Gasteiger partial charge >= 0.3 is 0 Å². The molecule has 0 aromatic heterocycles. The molecule has 0 bridgehead atoms. The minimum Gasteiger partial charge on any atom is -0.0619 e. The Bertz CT molecular complexity index is 762. The highest BCUT2D eigenvalue weighted by Crippen LogP contribution is 2.52. The van der Waals surface area contributed by atoms with Crippen LogP contribution in [0.3, 0.4) is 0 Å². The normalized spacial score (nSPS) is 16.2. The maximum absolute atomic E-state index is 2.46. The molecule has 0 spiro atoms. The SMILES string of the molecule is CC(C)(C)c1cc(C(C)(C)C)c2c(c1)C(C)(C)c1ccccc1-2. The van der Waals surface area contributed by atoms with Gasteiger partial charge in [-0.2, -0.15) is 0 Å². The van der Waals surface area contributed by atoms with E-state index in [1.54, 1.807) is 0 Å². The fourth-order valence-electron chi connectivity index (χ4n) is 3.84. The molecule has 0 nitrogen and oxygen atoms in total. The Hall–Kier alpha value is -1.56. The Balaban J connectivity index is 2.44. The molecule has 0 atom stereocenters. The number of benzene rings is 2. The summed E-state index contributed by atoms with van der Waals surface area (Å²) in [4.78, 5) is 0. The van der Waals surface area contributed by atoms with E-state index >= 15 is 0 Å². The third-order valence-corrected chi connectivity index (χ3v) is 5.36. The van der Waals surface area contributed by atoms with Gasteiger partial charge in [-0.1, -0.05) is 91.8 Å². The predicted molar refractivity (Wildman–Crippen MR) is 101 cm³/mol. The van der Waals surface area contributed by atoms with Crippen LogP contribution < -0.4 is 0 Å². The molecule has 0 saturated carbocycles. The zero-order chi connectivity index (χ0) is 17.2. The molecule has 0 N–H and O–H groups in total. The molecule has 1 aliphatic rings. The second-order valence-electron chi connectivity index (χ2n) is 9.62. The van der Waals surface area contributed by atoms with Gasteiger partial charge in [-0.15, -0.1) is 0 Å². The molecular formula is C23H30. The van der Waals surface area contributed by atoms with Crippen LogP contribution in [0.4, 0.5) is 0 Å². The number of hydrogen-bond acceptors (Lipinski definition) is 0. The molecular weight excluding hydrogens is 276 g/mol. The van der Waals surface area contributed by atoms with E-state index in [9.17, 15) is 0 Å². The minimum absolute atomic E-state index is 0.0766. The molecule has 2 aromatic carbocycles. The highest BCUT2D eigenvalue weighted by Gasteiger charge is 2.39. The van der Waals surface area contributed by atoms with Crippen molar-refractivity contribution in [2.45, 2.75) is 71.6 Å². The Kier molecular flexibility index (Phi) is 3.35. The highest BCUT2D eigenvalue weighted by molar-refractivity contribution is 5.84. The second-order valence-corrected chi connectivity index (χ2v) is 9.62. The van der Waals surface area contributed by atoms with Gasteiger partial charge in [0.05, 0.1) is 0 Å². The lowest BCUT2D eigenvalue weighted by molar-refractivity contribution is 0.564. The summed E-state index contributed by atoms with van der Waals surface area (Å²) >= 11 is 0. The molecule has 0 unspecified atom stereocenters. The average molecular weight is 306 g/mol. The molecule has 3 rings (SSSR count). The molecule has 0 aliphatic heterocycles. The summed E-state index contributed by atoms with van der Waals surface area (Å²) in [5, 5.41) is 0. The molecule has 0 amide bonds. The number of fused-ring (bicyclic) bond motifs is 3. The van der Waals surface area contributed by atoms with Gasteiger partial charge in [0, 0.05) is 5.41 Å². The van der Waals surface area contributed by atoms with Crippen LogP contribution in [0.5, 0.6) is 0 Å². The molecule has 122 valence electrons. The first-order valence-corrected chi connectivity index (χ1v) is 8.73. The lowest BCUT2D eigenvalue weighted by atomic mass is 9.74. The highest BCUT2D eigenvalue weighted by atomic mass is 14.4. The van der Waals surface area contributed by atoms with Crippen molar-refractivity contribution in [1.82, 2.24) is 0 Å². The summed E-state index contributed by atoms with van der Waals surface area (Å²) in [6.07, 6.45) is 0. The summed E-state index contributed by atoms with van der Waals surface area (Å²) in [6, 6.07) is 13.9. The van der Waals surface area contributed by atoms with Crippen LogP contribution >= 0.6 is 0 Å². The first-order chi connectivity index (χ1) is 10.4. The fourth-order valence-corrected chi connectivity index (χ4v) is 3.84. The summed E-state index contributed by atoms with van der Waals surface area (Å²) in [6.45, 7) is 18.7. The van der Waals surface area contributed by atoms with E-state index < -0.39 is 0 Å². The summed E-state index contributed by atoms with van der Waals surface area (Å²) in [5.74, 6) is 0. The Morgan fingerprint density at radius 1 is 0.739 bits per heavy atom. The first-order valence-electron chi connectivity index (χ1n) is 8.73. The van der Waals surface area contributed by atoms with E-state index in [4.69, 9.17) is 0 Å². The minimum atomic E-state index is 0.0766. The van der Waals surface area contributed by atoms with Crippen molar-refractivity contribution in [2.24, 2.45) is 0 Å². The van der Waals surface area contributed by atoms with Crippen molar-refractivity contribution in [3.8, 4) is 11.1 Å². The third kappa shape index (κ3) is 2.43. The monoisotopic (exact) mass is 306 g/mol. The molecule has 0 heteroatoms. The zero-order valence-corrected chi connectivity index (χ0v) is 16.0. The van der Waals surface area contributed by atoms with Crippen LogP contribution in [-0.4, -0.2) is 0 Å². The van der Waals surface area contributed by atoms with E-state index in [2.05, 4.69) is 91.8 Å².